The highest BCUT2D eigenvalue weighted by molar-refractivity contribution is 7.14. The molecule has 2 aromatic carbocycles. The zero-order valence-corrected chi connectivity index (χ0v) is 15.5. The van der Waals surface area contributed by atoms with Gasteiger partial charge in [-0.05, 0) is 30.3 Å². The number of aromatic nitrogens is 1. The summed E-state index contributed by atoms with van der Waals surface area (Å²) in [7, 11) is 3.20. The molecule has 0 saturated heterocycles. The van der Waals surface area contributed by atoms with E-state index in [2.05, 4.69) is 10.3 Å². The number of hydrogen-bond acceptors (Lipinski definition) is 6. The molecule has 1 N–H and O–H groups in total. The van der Waals surface area contributed by atoms with Gasteiger partial charge < -0.3 is 13.9 Å². The van der Waals surface area contributed by atoms with Crippen molar-refractivity contribution in [3.05, 3.63) is 59.7 Å². The molecule has 136 valence electrons. The molecule has 0 spiro atoms. The lowest BCUT2D eigenvalue weighted by atomic mass is 10.1. The van der Waals surface area contributed by atoms with Crippen LogP contribution in [-0.4, -0.2) is 25.1 Å². The fraction of sp³-hybridized carbons (Fsp3) is 0.100. The molecule has 4 rings (SSSR count). The highest BCUT2D eigenvalue weighted by Gasteiger charge is 2.16. The lowest BCUT2D eigenvalue weighted by Crippen LogP contribution is -2.10. The van der Waals surface area contributed by atoms with Crippen LogP contribution in [-0.2, 0) is 0 Å². The van der Waals surface area contributed by atoms with Gasteiger partial charge >= 0.3 is 0 Å². The summed E-state index contributed by atoms with van der Waals surface area (Å²) in [5.41, 5.74) is 2.15. The minimum absolute atomic E-state index is 0.243. The summed E-state index contributed by atoms with van der Waals surface area (Å²) in [5, 5.41) is 5.98. The molecule has 0 unspecified atom stereocenters. The number of benzene rings is 2. The summed E-state index contributed by atoms with van der Waals surface area (Å²) in [6.07, 6.45) is 0. The molecule has 4 aromatic rings. The number of anilines is 1. The van der Waals surface area contributed by atoms with Crippen LogP contribution in [0.25, 0.3) is 22.2 Å². The van der Waals surface area contributed by atoms with Crippen LogP contribution in [0.15, 0.2) is 58.3 Å². The molecule has 0 fully saturated rings. The van der Waals surface area contributed by atoms with Gasteiger partial charge in [-0.2, -0.15) is 0 Å². The monoisotopic (exact) mass is 380 g/mol. The average Bonchev–Trinajstić information content (AvgIpc) is 3.34. The van der Waals surface area contributed by atoms with Gasteiger partial charge in [0.2, 0.25) is 0 Å². The van der Waals surface area contributed by atoms with Gasteiger partial charge in [0.25, 0.3) is 5.91 Å². The zero-order chi connectivity index (χ0) is 18.8. The first-order chi connectivity index (χ1) is 13.2. The number of furan rings is 1. The molecule has 7 heteroatoms. The van der Waals surface area contributed by atoms with Gasteiger partial charge in [0, 0.05) is 16.3 Å². The number of carbonyl (C=O) groups excluding carboxylic acids is 1. The third-order valence-corrected chi connectivity index (χ3v) is 4.81. The number of carbonyl (C=O) groups is 1. The summed E-state index contributed by atoms with van der Waals surface area (Å²) >= 11 is 1.33. The Morgan fingerprint density at radius 3 is 2.74 bits per heavy atom. The van der Waals surface area contributed by atoms with E-state index in [1.807, 2.05) is 47.8 Å². The topological polar surface area (TPSA) is 73.6 Å². The van der Waals surface area contributed by atoms with Crippen molar-refractivity contribution in [2.75, 3.05) is 19.5 Å². The second-order valence-corrected chi connectivity index (χ2v) is 6.56. The van der Waals surface area contributed by atoms with Crippen molar-refractivity contribution < 1.29 is 18.7 Å². The lowest BCUT2D eigenvalue weighted by Gasteiger charge is -2.08. The highest BCUT2D eigenvalue weighted by atomic mass is 32.1. The van der Waals surface area contributed by atoms with Crippen molar-refractivity contribution in [1.82, 2.24) is 4.98 Å². The quantitative estimate of drug-likeness (QED) is 0.537. The molecular weight excluding hydrogens is 364 g/mol. The largest absolute Gasteiger partial charge is 0.497 e. The van der Waals surface area contributed by atoms with Gasteiger partial charge in [-0.15, -0.1) is 11.3 Å². The molecule has 0 radical (unpaired) electrons. The molecule has 0 bridgehead atoms. The summed E-state index contributed by atoms with van der Waals surface area (Å²) in [4.78, 5) is 17.0. The molecule has 27 heavy (non-hydrogen) atoms. The predicted molar refractivity (Wildman–Crippen MR) is 105 cm³/mol. The Labute approximate surface area is 159 Å². The minimum atomic E-state index is -0.343. The maximum Gasteiger partial charge on any atom is 0.293 e. The van der Waals surface area contributed by atoms with Crippen LogP contribution in [0.4, 0.5) is 5.13 Å². The Bertz CT molecular complexity index is 1080. The lowest BCUT2D eigenvalue weighted by molar-refractivity contribution is 0.0998. The van der Waals surface area contributed by atoms with Crippen LogP contribution in [0.5, 0.6) is 11.5 Å². The normalized spacial score (nSPS) is 10.7. The predicted octanol–water partition coefficient (Wildman–Crippen LogP) is 4.83. The van der Waals surface area contributed by atoms with E-state index < -0.39 is 0 Å². The van der Waals surface area contributed by atoms with Gasteiger partial charge in [0.05, 0.1) is 19.9 Å². The van der Waals surface area contributed by atoms with Crippen molar-refractivity contribution in [3.8, 4) is 22.8 Å². The fourth-order valence-corrected chi connectivity index (χ4v) is 3.43. The Kier molecular flexibility index (Phi) is 4.52. The minimum Gasteiger partial charge on any atom is -0.497 e. The molecule has 0 aliphatic carbocycles. The van der Waals surface area contributed by atoms with Crippen LogP contribution in [0.2, 0.25) is 0 Å². The Hall–Kier alpha value is -3.32. The summed E-state index contributed by atoms with van der Waals surface area (Å²) in [6.45, 7) is 0. The second-order valence-electron chi connectivity index (χ2n) is 5.71. The van der Waals surface area contributed by atoms with Gasteiger partial charge in [0.15, 0.2) is 10.9 Å². The van der Waals surface area contributed by atoms with Crippen molar-refractivity contribution >= 4 is 33.3 Å². The number of nitrogens with one attached hydrogen (secondary N) is 1. The van der Waals surface area contributed by atoms with Crippen molar-refractivity contribution in [2.24, 2.45) is 0 Å². The fourth-order valence-electron chi connectivity index (χ4n) is 2.72. The first kappa shape index (κ1) is 17.1. The molecule has 0 saturated carbocycles. The number of thiazole rings is 1. The van der Waals surface area contributed by atoms with Crippen molar-refractivity contribution in [2.45, 2.75) is 0 Å². The van der Waals surface area contributed by atoms with E-state index in [0.29, 0.717) is 27.9 Å². The number of amides is 1. The van der Waals surface area contributed by atoms with E-state index in [-0.39, 0.29) is 11.7 Å². The van der Waals surface area contributed by atoms with Gasteiger partial charge in [-0.25, -0.2) is 4.98 Å². The summed E-state index contributed by atoms with van der Waals surface area (Å²) < 4.78 is 16.3. The third kappa shape index (κ3) is 3.37. The molecule has 6 nitrogen and oxygen atoms in total. The van der Waals surface area contributed by atoms with Gasteiger partial charge in [-0.1, -0.05) is 18.2 Å². The zero-order valence-electron chi connectivity index (χ0n) is 14.7. The maximum absolute atomic E-state index is 12.5. The smallest absolute Gasteiger partial charge is 0.293 e. The van der Waals surface area contributed by atoms with Crippen LogP contribution < -0.4 is 14.8 Å². The Morgan fingerprint density at radius 1 is 1.11 bits per heavy atom. The van der Waals surface area contributed by atoms with E-state index in [1.54, 1.807) is 20.3 Å². The second kappa shape index (κ2) is 7.13. The molecular formula is C20H16N2O4S. The molecule has 2 heterocycles. The van der Waals surface area contributed by atoms with Crippen LogP contribution >= 0.6 is 11.3 Å². The first-order valence-corrected chi connectivity index (χ1v) is 9.04. The number of fused-ring (bicyclic) bond motifs is 1. The summed E-state index contributed by atoms with van der Waals surface area (Å²) in [6, 6.07) is 14.7. The Balaban J connectivity index is 1.58. The molecule has 1 amide bonds. The maximum atomic E-state index is 12.5. The number of ether oxygens (including phenoxy) is 2. The van der Waals surface area contributed by atoms with Crippen LogP contribution in [0.1, 0.15) is 10.6 Å². The number of para-hydroxylation sites is 1. The molecule has 0 atom stereocenters. The van der Waals surface area contributed by atoms with E-state index in [4.69, 9.17) is 13.9 Å². The molecule has 0 aliphatic heterocycles. The number of rotatable bonds is 5. The van der Waals surface area contributed by atoms with E-state index >= 15 is 0 Å². The molecule has 2 aromatic heterocycles. The molecule has 0 aliphatic rings. The van der Waals surface area contributed by atoms with Crippen LogP contribution in [0, 0.1) is 0 Å². The van der Waals surface area contributed by atoms with Gasteiger partial charge in [0.1, 0.15) is 17.1 Å². The number of hydrogen-bond donors (Lipinski definition) is 1. The standard InChI is InChI=1S/C20H16N2O4S/c1-24-13-7-8-17(25-2)14(10-13)15-11-27-20(21-15)22-19(23)18-9-12-5-3-4-6-16(12)26-18/h3-11H,1-2H3,(H,21,22,23). The van der Waals surface area contributed by atoms with E-state index in [0.717, 1.165) is 10.9 Å². The first-order valence-electron chi connectivity index (χ1n) is 8.16. The number of nitrogens with zero attached hydrogens (tertiary/aromatic N) is 1. The Morgan fingerprint density at radius 2 is 1.96 bits per heavy atom. The van der Waals surface area contributed by atoms with E-state index in [9.17, 15) is 4.79 Å². The third-order valence-electron chi connectivity index (χ3n) is 4.06. The number of methoxy groups -OCH3 is 2. The average molecular weight is 380 g/mol. The van der Waals surface area contributed by atoms with Crippen molar-refractivity contribution in [1.29, 1.82) is 0 Å². The summed E-state index contributed by atoms with van der Waals surface area (Å²) in [5.74, 6) is 1.28. The SMILES string of the molecule is COc1ccc(OC)c(-c2csc(NC(=O)c3cc4ccccc4o3)n2)c1. The van der Waals surface area contributed by atoms with Crippen molar-refractivity contribution in [3.63, 3.8) is 0 Å². The van der Waals surface area contributed by atoms with E-state index in [1.165, 1.54) is 11.3 Å². The van der Waals surface area contributed by atoms with Crippen LogP contribution in [0.3, 0.4) is 0 Å². The highest BCUT2D eigenvalue weighted by Crippen LogP contribution is 2.35. The van der Waals surface area contributed by atoms with Gasteiger partial charge in [-0.3, -0.25) is 10.1 Å².